The van der Waals surface area contributed by atoms with Crippen LogP contribution >= 0.6 is 0 Å². The summed E-state index contributed by atoms with van der Waals surface area (Å²) >= 11 is 0. The van der Waals surface area contributed by atoms with E-state index in [1.807, 2.05) is 0 Å². The molecule has 0 aromatic heterocycles. The Labute approximate surface area is 159 Å². The Bertz CT molecular complexity index is 507. The van der Waals surface area contributed by atoms with Crippen LogP contribution in [0.15, 0.2) is 24.6 Å². The van der Waals surface area contributed by atoms with Crippen molar-refractivity contribution in [1.29, 1.82) is 0 Å². The van der Waals surface area contributed by atoms with Gasteiger partial charge < -0.3 is 9.47 Å². The van der Waals surface area contributed by atoms with E-state index < -0.39 is 17.9 Å². The van der Waals surface area contributed by atoms with Crippen LogP contribution in [0.4, 0.5) is 17.6 Å². The Kier molecular flexibility index (Phi) is 7.01. The molecule has 0 amide bonds. The lowest BCUT2D eigenvalue weighted by molar-refractivity contribution is -0.236. The summed E-state index contributed by atoms with van der Waals surface area (Å²) < 4.78 is 62.6. The maximum atomic E-state index is 13.7. The van der Waals surface area contributed by atoms with E-state index in [0.29, 0.717) is 56.7 Å². The smallest absolute Gasteiger partial charge is 0.352 e. The van der Waals surface area contributed by atoms with Crippen molar-refractivity contribution in [3.05, 3.63) is 24.6 Å². The molecule has 0 radical (unpaired) electrons. The van der Waals surface area contributed by atoms with Crippen LogP contribution in [0.2, 0.25) is 0 Å². The third-order valence-electron chi connectivity index (χ3n) is 6.61. The Morgan fingerprint density at radius 1 is 0.815 bits per heavy atom. The molecule has 3 fully saturated rings. The number of alkyl halides is 3. The second-order valence-corrected chi connectivity index (χ2v) is 8.39. The van der Waals surface area contributed by atoms with Crippen molar-refractivity contribution in [1.82, 2.24) is 0 Å². The van der Waals surface area contributed by atoms with Crippen LogP contribution in [-0.2, 0) is 9.47 Å². The lowest BCUT2D eigenvalue weighted by Gasteiger charge is -2.40. The first-order valence-corrected chi connectivity index (χ1v) is 10.2. The highest BCUT2D eigenvalue weighted by Crippen LogP contribution is 2.40. The summed E-state index contributed by atoms with van der Waals surface area (Å²) in [5, 5.41) is 0. The van der Waals surface area contributed by atoms with Crippen molar-refractivity contribution >= 4 is 0 Å². The van der Waals surface area contributed by atoms with E-state index in [-0.39, 0.29) is 18.3 Å². The summed E-state index contributed by atoms with van der Waals surface area (Å²) in [6.45, 7) is 5.27. The third-order valence-corrected chi connectivity index (χ3v) is 6.61. The summed E-state index contributed by atoms with van der Waals surface area (Å²) in [4.78, 5) is 0. The lowest BCUT2D eigenvalue weighted by atomic mass is 9.76. The van der Waals surface area contributed by atoms with Crippen molar-refractivity contribution < 1.29 is 27.0 Å². The minimum Gasteiger partial charge on any atom is -0.352 e. The highest BCUT2D eigenvalue weighted by Gasteiger charge is 2.37. The molecule has 0 N–H and O–H groups in total. The SMILES string of the molecule is C=CC1CCC(C2COC(C3CCC(/C(F)=C/C(F)(F)F)CC3)OC2)CC1. The fourth-order valence-corrected chi connectivity index (χ4v) is 4.87. The predicted molar refractivity (Wildman–Crippen MR) is 95.5 cm³/mol. The van der Waals surface area contributed by atoms with Gasteiger partial charge in [0.1, 0.15) is 5.83 Å². The Hall–Kier alpha value is -0.880. The van der Waals surface area contributed by atoms with Crippen LogP contribution in [0.1, 0.15) is 51.4 Å². The number of hydrogen-bond acceptors (Lipinski definition) is 2. The first-order chi connectivity index (χ1) is 12.9. The summed E-state index contributed by atoms with van der Waals surface area (Å²) in [6.07, 6.45) is 3.86. The second kappa shape index (κ2) is 9.08. The molecule has 2 aliphatic carbocycles. The molecule has 3 aliphatic rings. The standard InChI is InChI=1S/C21H30F4O2/c1-2-14-3-5-15(6-4-14)18-12-26-20(27-13-18)17-9-7-16(8-10-17)19(22)11-21(23,24)25/h2,11,14-18,20H,1,3-10,12-13H2/b19-11-. The fraction of sp³-hybridized carbons (Fsp3) is 0.810. The number of hydrogen-bond donors (Lipinski definition) is 0. The molecule has 0 aromatic rings. The molecular weight excluding hydrogens is 360 g/mol. The molecule has 0 bridgehead atoms. The molecular formula is C21H30F4O2. The molecule has 27 heavy (non-hydrogen) atoms. The van der Waals surface area contributed by atoms with Gasteiger partial charge in [-0.05, 0) is 63.2 Å². The normalized spacial score (nSPS) is 39.2. The maximum absolute atomic E-state index is 13.7. The van der Waals surface area contributed by atoms with Crippen molar-refractivity contribution in [3.8, 4) is 0 Å². The van der Waals surface area contributed by atoms with Gasteiger partial charge in [-0.1, -0.05) is 6.08 Å². The highest BCUT2D eigenvalue weighted by atomic mass is 19.4. The van der Waals surface area contributed by atoms with E-state index >= 15 is 0 Å². The van der Waals surface area contributed by atoms with Crippen molar-refractivity contribution in [2.24, 2.45) is 29.6 Å². The van der Waals surface area contributed by atoms with Gasteiger partial charge in [-0.15, -0.1) is 6.58 Å². The lowest BCUT2D eigenvalue weighted by Crippen LogP contribution is -2.41. The van der Waals surface area contributed by atoms with E-state index in [9.17, 15) is 17.6 Å². The first kappa shape index (κ1) is 20.8. The Morgan fingerprint density at radius 3 is 1.89 bits per heavy atom. The number of allylic oxidation sites excluding steroid dienone is 3. The predicted octanol–water partition coefficient (Wildman–Crippen LogP) is 6.19. The van der Waals surface area contributed by atoms with Crippen molar-refractivity contribution in [2.45, 2.75) is 63.8 Å². The molecule has 2 saturated carbocycles. The van der Waals surface area contributed by atoms with E-state index in [4.69, 9.17) is 9.47 Å². The van der Waals surface area contributed by atoms with Crippen molar-refractivity contribution in [3.63, 3.8) is 0 Å². The van der Waals surface area contributed by atoms with Crippen molar-refractivity contribution in [2.75, 3.05) is 13.2 Å². The molecule has 1 aliphatic heterocycles. The third kappa shape index (κ3) is 5.80. The van der Waals surface area contributed by atoms with Gasteiger partial charge in [-0.2, -0.15) is 13.2 Å². The van der Waals surface area contributed by atoms with E-state index in [1.165, 1.54) is 25.7 Å². The molecule has 0 aromatic carbocycles. The molecule has 0 unspecified atom stereocenters. The molecule has 1 saturated heterocycles. The topological polar surface area (TPSA) is 18.5 Å². The van der Waals surface area contributed by atoms with Gasteiger partial charge >= 0.3 is 6.18 Å². The average Bonchev–Trinajstić information content (AvgIpc) is 2.67. The second-order valence-electron chi connectivity index (χ2n) is 8.39. The highest BCUT2D eigenvalue weighted by molar-refractivity contribution is 5.03. The fourth-order valence-electron chi connectivity index (χ4n) is 4.87. The van der Waals surface area contributed by atoms with Gasteiger partial charge in [0.05, 0.1) is 19.3 Å². The maximum Gasteiger partial charge on any atom is 0.412 e. The average molecular weight is 390 g/mol. The van der Waals surface area contributed by atoms with E-state index in [1.54, 1.807) is 0 Å². The zero-order valence-electron chi connectivity index (χ0n) is 15.7. The number of halogens is 4. The molecule has 3 rings (SSSR count). The van der Waals surface area contributed by atoms with Gasteiger partial charge in [0.2, 0.25) is 0 Å². The Balaban J connectivity index is 1.41. The minimum atomic E-state index is -4.59. The van der Waals surface area contributed by atoms with Gasteiger partial charge in [0, 0.05) is 17.8 Å². The molecule has 1 heterocycles. The van der Waals surface area contributed by atoms with Crippen LogP contribution in [0.25, 0.3) is 0 Å². The quantitative estimate of drug-likeness (QED) is 0.421. The molecule has 0 spiro atoms. The number of rotatable bonds is 4. The van der Waals surface area contributed by atoms with Gasteiger partial charge in [0.15, 0.2) is 6.29 Å². The van der Waals surface area contributed by atoms with Crippen LogP contribution < -0.4 is 0 Å². The zero-order valence-corrected chi connectivity index (χ0v) is 15.7. The van der Waals surface area contributed by atoms with Gasteiger partial charge in [-0.3, -0.25) is 0 Å². The summed E-state index contributed by atoms with van der Waals surface area (Å²) in [5.41, 5.74) is 0. The molecule has 154 valence electrons. The zero-order chi connectivity index (χ0) is 19.4. The molecule has 0 atom stereocenters. The summed E-state index contributed by atoms with van der Waals surface area (Å²) in [7, 11) is 0. The summed E-state index contributed by atoms with van der Waals surface area (Å²) in [6, 6.07) is 0. The van der Waals surface area contributed by atoms with Crippen LogP contribution in [0.3, 0.4) is 0 Å². The van der Waals surface area contributed by atoms with Crippen LogP contribution in [0, 0.1) is 29.6 Å². The Morgan fingerprint density at radius 2 is 1.37 bits per heavy atom. The van der Waals surface area contributed by atoms with Gasteiger partial charge in [0.25, 0.3) is 0 Å². The van der Waals surface area contributed by atoms with Crippen LogP contribution in [-0.4, -0.2) is 25.7 Å². The summed E-state index contributed by atoms with van der Waals surface area (Å²) in [5.74, 6) is 0.190. The minimum absolute atomic E-state index is 0.150. The van der Waals surface area contributed by atoms with Crippen LogP contribution in [0.5, 0.6) is 0 Å². The van der Waals surface area contributed by atoms with E-state index in [2.05, 4.69) is 12.7 Å². The monoisotopic (exact) mass is 390 g/mol. The largest absolute Gasteiger partial charge is 0.412 e. The molecule has 6 heteroatoms. The van der Waals surface area contributed by atoms with Gasteiger partial charge in [-0.25, -0.2) is 4.39 Å². The molecule has 2 nitrogen and oxygen atoms in total. The first-order valence-electron chi connectivity index (χ1n) is 10.2. The number of ether oxygens (including phenoxy) is 2. The van der Waals surface area contributed by atoms with E-state index in [0.717, 1.165) is 0 Å².